The smallest absolute Gasteiger partial charge is 0.311 e. The largest absolute Gasteiger partial charge is 0.427 e. The second-order valence-corrected chi connectivity index (χ2v) is 8.07. The van der Waals surface area contributed by atoms with Gasteiger partial charge in [-0.15, -0.1) is 0 Å². The third-order valence-corrected chi connectivity index (χ3v) is 5.36. The van der Waals surface area contributed by atoms with Crippen LogP contribution in [0.2, 0.25) is 0 Å². The number of carbonyl (C=O) groups is 1. The lowest BCUT2D eigenvalue weighted by Crippen LogP contribution is -2.07. The number of unbranched alkanes of at least 4 members (excludes halogenated alkanes) is 9. The van der Waals surface area contributed by atoms with Crippen molar-refractivity contribution in [2.75, 3.05) is 0 Å². The lowest BCUT2D eigenvalue weighted by Gasteiger charge is -2.06. The molecule has 0 aliphatic carbocycles. The van der Waals surface area contributed by atoms with E-state index in [1.807, 2.05) is 36.7 Å². The summed E-state index contributed by atoms with van der Waals surface area (Å²) in [5.41, 5.74) is 2.88. The lowest BCUT2D eigenvalue weighted by atomic mass is 10.1. The van der Waals surface area contributed by atoms with Crippen LogP contribution in [-0.2, 0) is 11.2 Å². The van der Waals surface area contributed by atoms with Gasteiger partial charge in [0.15, 0.2) is 0 Å². The van der Waals surface area contributed by atoms with Crippen molar-refractivity contribution in [3.05, 3.63) is 42.4 Å². The van der Waals surface area contributed by atoms with E-state index in [0.717, 1.165) is 36.2 Å². The molecule has 0 amide bonds. The first-order chi connectivity index (χ1) is 14.7. The summed E-state index contributed by atoms with van der Waals surface area (Å²) in [5, 5.41) is 0. The third kappa shape index (κ3) is 9.51. The third-order valence-electron chi connectivity index (χ3n) is 5.36. The van der Waals surface area contributed by atoms with Gasteiger partial charge >= 0.3 is 5.97 Å². The Labute approximate surface area is 182 Å². The summed E-state index contributed by atoms with van der Waals surface area (Å²) in [6.45, 7) is 4.41. The van der Waals surface area contributed by atoms with Crippen molar-refractivity contribution in [3.8, 4) is 17.0 Å². The van der Waals surface area contributed by atoms with Gasteiger partial charge in [0, 0.05) is 18.2 Å². The van der Waals surface area contributed by atoms with E-state index < -0.39 is 0 Å². The molecule has 2 aromatic rings. The van der Waals surface area contributed by atoms with Gasteiger partial charge in [-0.1, -0.05) is 71.6 Å². The summed E-state index contributed by atoms with van der Waals surface area (Å²) in [4.78, 5) is 21.0. The van der Waals surface area contributed by atoms with Crippen LogP contribution in [0.3, 0.4) is 0 Å². The van der Waals surface area contributed by atoms with Crippen LogP contribution in [0.25, 0.3) is 11.3 Å². The lowest BCUT2D eigenvalue weighted by molar-refractivity contribution is -0.134. The van der Waals surface area contributed by atoms with Crippen LogP contribution in [0.5, 0.6) is 5.75 Å². The first-order valence-corrected chi connectivity index (χ1v) is 11.8. The molecule has 0 saturated carbocycles. The van der Waals surface area contributed by atoms with Gasteiger partial charge < -0.3 is 4.74 Å². The molecule has 1 heterocycles. The molecule has 0 radical (unpaired) electrons. The number of aryl methyl sites for hydroxylation is 1. The van der Waals surface area contributed by atoms with Gasteiger partial charge in [0.1, 0.15) is 5.75 Å². The topological polar surface area (TPSA) is 52.1 Å². The van der Waals surface area contributed by atoms with Gasteiger partial charge in [0.05, 0.1) is 17.6 Å². The Hall–Kier alpha value is -2.23. The average Bonchev–Trinajstić information content (AvgIpc) is 2.77. The van der Waals surface area contributed by atoms with Crippen molar-refractivity contribution < 1.29 is 9.53 Å². The average molecular weight is 411 g/mol. The highest BCUT2D eigenvalue weighted by Crippen LogP contribution is 2.21. The Balaban J connectivity index is 1.73. The quantitative estimate of drug-likeness (QED) is 0.175. The summed E-state index contributed by atoms with van der Waals surface area (Å²) in [5.74, 6) is 0.427. The number of rotatable bonds is 15. The maximum Gasteiger partial charge on any atom is 0.311 e. The predicted octanol–water partition coefficient (Wildman–Crippen LogP) is 7.31. The Kier molecular flexibility index (Phi) is 11.8. The van der Waals surface area contributed by atoms with Crippen molar-refractivity contribution in [1.82, 2.24) is 9.97 Å². The predicted molar refractivity (Wildman–Crippen MR) is 124 cm³/mol. The molecule has 0 unspecified atom stereocenters. The van der Waals surface area contributed by atoms with Crippen LogP contribution >= 0.6 is 0 Å². The summed E-state index contributed by atoms with van der Waals surface area (Å²) >= 11 is 0. The molecule has 1 aromatic carbocycles. The van der Waals surface area contributed by atoms with Crippen molar-refractivity contribution in [1.29, 1.82) is 0 Å². The number of hydrogen-bond acceptors (Lipinski definition) is 4. The Bertz CT molecular complexity index is 711. The Morgan fingerprint density at radius 1 is 0.767 bits per heavy atom. The molecule has 0 spiro atoms. The molecule has 0 atom stereocenters. The highest BCUT2D eigenvalue weighted by molar-refractivity contribution is 5.72. The zero-order valence-electron chi connectivity index (χ0n) is 18.9. The fraction of sp³-hybridized carbons (Fsp3) is 0.577. The van der Waals surface area contributed by atoms with Crippen LogP contribution < -0.4 is 4.74 Å². The maximum absolute atomic E-state index is 11.9. The fourth-order valence-electron chi connectivity index (χ4n) is 3.47. The van der Waals surface area contributed by atoms with Crippen LogP contribution in [0.1, 0.15) is 96.6 Å². The van der Waals surface area contributed by atoms with Crippen LogP contribution in [0.15, 0.2) is 36.7 Å². The first kappa shape index (κ1) is 24.0. The molecule has 0 N–H and O–H groups in total. The van der Waals surface area contributed by atoms with E-state index >= 15 is 0 Å². The molecule has 2 rings (SSSR count). The van der Waals surface area contributed by atoms with E-state index in [2.05, 4.69) is 23.8 Å². The van der Waals surface area contributed by atoms with Crippen molar-refractivity contribution in [3.63, 3.8) is 0 Å². The number of aromatic nitrogens is 2. The van der Waals surface area contributed by atoms with Crippen molar-refractivity contribution in [2.24, 2.45) is 0 Å². The number of esters is 1. The van der Waals surface area contributed by atoms with E-state index in [4.69, 9.17) is 4.74 Å². The Morgan fingerprint density at radius 2 is 1.40 bits per heavy atom. The molecule has 0 aliphatic heterocycles. The molecule has 30 heavy (non-hydrogen) atoms. The van der Waals surface area contributed by atoms with Crippen LogP contribution in [-0.4, -0.2) is 15.9 Å². The molecular formula is C26H38N2O2. The molecule has 0 bridgehead atoms. The van der Waals surface area contributed by atoms with Crippen LogP contribution in [0.4, 0.5) is 0 Å². The van der Waals surface area contributed by atoms with E-state index in [0.29, 0.717) is 12.2 Å². The van der Waals surface area contributed by atoms with Gasteiger partial charge in [-0.3, -0.25) is 14.8 Å². The molecule has 1 aromatic heterocycles. The van der Waals surface area contributed by atoms with E-state index in [-0.39, 0.29) is 5.97 Å². The fourth-order valence-corrected chi connectivity index (χ4v) is 3.47. The van der Waals surface area contributed by atoms with E-state index in [1.165, 1.54) is 57.8 Å². The first-order valence-electron chi connectivity index (χ1n) is 11.8. The minimum Gasteiger partial charge on any atom is -0.427 e. The number of carbonyl (C=O) groups excluding carboxylic acids is 1. The molecule has 4 nitrogen and oxygen atoms in total. The highest BCUT2D eigenvalue weighted by Gasteiger charge is 2.06. The van der Waals surface area contributed by atoms with Gasteiger partial charge in [0.25, 0.3) is 0 Å². The van der Waals surface area contributed by atoms with Gasteiger partial charge in [0.2, 0.25) is 0 Å². The van der Waals surface area contributed by atoms with Gasteiger partial charge in [-0.25, -0.2) is 0 Å². The number of nitrogens with zero attached hydrogens (tertiary/aromatic N) is 2. The number of hydrogen-bond donors (Lipinski definition) is 0. The monoisotopic (exact) mass is 410 g/mol. The second-order valence-electron chi connectivity index (χ2n) is 8.07. The minimum atomic E-state index is -0.159. The number of benzene rings is 1. The molecule has 0 aliphatic rings. The van der Waals surface area contributed by atoms with E-state index in [9.17, 15) is 4.79 Å². The molecule has 0 fully saturated rings. The minimum absolute atomic E-state index is 0.159. The number of ether oxygens (including phenoxy) is 1. The maximum atomic E-state index is 11.9. The second kappa shape index (κ2) is 14.7. The standard InChI is InChI=1S/C26H38N2O2/c1-3-5-7-9-10-11-12-14-23-20-28-25(21-27-23)22-16-18-24(19-17-22)30-26(29)15-13-8-6-4-2/h16-21H,3-15H2,1-2H3. The summed E-state index contributed by atoms with van der Waals surface area (Å²) in [6, 6.07) is 7.51. The molecular weight excluding hydrogens is 372 g/mol. The SMILES string of the molecule is CCCCCCCCCc1cnc(-c2ccc(OC(=O)CCCCCC)cc2)cn1. The van der Waals surface area contributed by atoms with Crippen molar-refractivity contribution >= 4 is 5.97 Å². The zero-order valence-corrected chi connectivity index (χ0v) is 18.9. The normalized spacial score (nSPS) is 10.9. The highest BCUT2D eigenvalue weighted by atomic mass is 16.5. The van der Waals surface area contributed by atoms with Gasteiger partial charge in [-0.2, -0.15) is 0 Å². The van der Waals surface area contributed by atoms with Gasteiger partial charge in [-0.05, 0) is 43.5 Å². The summed E-state index contributed by atoms with van der Waals surface area (Å²) < 4.78 is 5.42. The van der Waals surface area contributed by atoms with E-state index in [1.54, 1.807) is 0 Å². The van der Waals surface area contributed by atoms with Crippen molar-refractivity contribution in [2.45, 2.75) is 97.3 Å². The molecule has 0 saturated heterocycles. The Morgan fingerprint density at radius 3 is 2.03 bits per heavy atom. The summed E-state index contributed by atoms with van der Waals surface area (Å²) in [6.07, 6.45) is 18.6. The molecule has 164 valence electrons. The van der Waals surface area contributed by atoms with Crippen LogP contribution in [0, 0.1) is 0 Å². The zero-order chi connectivity index (χ0) is 21.4. The summed E-state index contributed by atoms with van der Waals surface area (Å²) in [7, 11) is 0. The molecule has 4 heteroatoms.